The Hall–Kier alpha value is -3.01. The van der Waals surface area contributed by atoms with Crippen LogP contribution in [0.5, 0.6) is 0 Å². The first-order valence-corrected chi connectivity index (χ1v) is 5.73. The van der Waals surface area contributed by atoms with Crippen molar-refractivity contribution in [2.75, 3.05) is 0 Å². The smallest absolute Gasteiger partial charge is 0.348 e. The van der Waals surface area contributed by atoms with E-state index < -0.39 is 16.5 Å². The van der Waals surface area contributed by atoms with Gasteiger partial charge in [0, 0.05) is 0 Å². The van der Waals surface area contributed by atoms with Crippen LogP contribution in [-0.4, -0.2) is 20.4 Å². The fraction of sp³-hybridized carbons (Fsp3) is 0.182. The minimum Gasteiger partial charge on any atom is -0.464 e. The fourth-order valence-corrected chi connectivity index (χ4v) is 1.74. The highest BCUT2D eigenvalue weighted by molar-refractivity contribution is 5.94. The number of nitro groups is 1. The van der Waals surface area contributed by atoms with Crippen molar-refractivity contribution < 1.29 is 14.1 Å². The number of hydrogen-bond donors (Lipinski definition) is 2. The van der Waals surface area contributed by atoms with Crippen LogP contribution in [0.25, 0.3) is 0 Å². The molecule has 0 spiro atoms. The molecule has 0 aliphatic carbocycles. The van der Waals surface area contributed by atoms with E-state index in [1.54, 1.807) is 6.92 Å². The molecule has 2 aromatic rings. The van der Waals surface area contributed by atoms with Crippen molar-refractivity contribution in [1.29, 1.82) is 0 Å². The summed E-state index contributed by atoms with van der Waals surface area (Å²) in [5.41, 5.74) is 1.20. The number of carbonyl (C=O) groups is 1. The molecule has 0 fully saturated rings. The van der Waals surface area contributed by atoms with Gasteiger partial charge in [-0.3, -0.25) is 24.9 Å². The number of carbonyl (C=O) groups excluding carboxylic acids is 1. The Labute approximate surface area is 117 Å². The first kappa shape index (κ1) is 14.4. The van der Waals surface area contributed by atoms with E-state index in [4.69, 9.17) is 10.3 Å². The van der Waals surface area contributed by atoms with Gasteiger partial charge in [-0.2, -0.15) is 4.98 Å². The van der Waals surface area contributed by atoms with Crippen molar-refractivity contribution in [3.05, 3.63) is 56.1 Å². The minimum absolute atomic E-state index is 0.0911. The Kier molecular flexibility index (Phi) is 3.80. The number of aromatic nitrogens is 2. The molecule has 0 aliphatic rings. The number of aryl methyl sites for hydroxylation is 1. The SMILES string of the molecule is Cc1oc(Cn2cc([N+](=O)[O-])cnc2=O)cc1C(=O)NN. The zero-order chi connectivity index (χ0) is 15.6. The second-order valence-electron chi connectivity index (χ2n) is 4.14. The van der Waals surface area contributed by atoms with E-state index >= 15 is 0 Å². The highest BCUT2D eigenvalue weighted by Crippen LogP contribution is 2.15. The molecule has 0 unspecified atom stereocenters. The molecule has 110 valence electrons. The summed E-state index contributed by atoms with van der Waals surface area (Å²) in [6, 6.07) is 1.41. The van der Waals surface area contributed by atoms with E-state index in [0.717, 1.165) is 17.0 Å². The van der Waals surface area contributed by atoms with Crippen molar-refractivity contribution in [2.45, 2.75) is 13.5 Å². The lowest BCUT2D eigenvalue weighted by molar-refractivity contribution is -0.385. The molecule has 10 heteroatoms. The summed E-state index contributed by atoms with van der Waals surface area (Å²) in [5.74, 6) is 5.09. The van der Waals surface area contributed by atoms with Crippen LogP contribution in [0.4, 0.5) is 5.69 Å². The fourth-order valence-electron chi connectivity index (χ4n) is 1.74. The molecule has 0 saturated heterocycles. The number of nitrogen functional groups attached to an aromatic ring is 1. The molecule has 3 N–H and O–H groups in total. The molecular weight excluding hydrogens is 282 g/mol. The van der Waals surface area contributed by atoms with Gasteiger partial charge >= 0.3 is 11.4 Å². The van der Waals surface area contributed by atoms with Crippen molar-refractivity contribution >= 4 is 11.6 Å². The summed E-state index contributed by atoms with van der Waals surface area (Å²) >= 11 is 0. The lowest BCUT2D eigenvalue weighted by atomic mass is 10.2. The molecule has 0 saturated carbocycles. The largest absolute Gasteiger partial charge is 0.464 e. The number of amides is 1. The van der Waals surface area contributed by atoms with E-state index in [2.05, 4.69) is 4.98 Å². The second kappa shape index (κ2) is 5.54. The molecule has 10 nitrogen and oxygen atoms in total. The first-order valence-electron chi connectivity index (χ1n) is 5.73. The Balaban J connectivity index is 2.34. The Morgan fingerprint density at radius 3 is 2.95 bits per heavy atom. The predicted molar refractivity (Wildman–Crippen MR) is 69.4 cm³/mol. The van der Waals surface area contributed by atoms with Crippen LogP contribution in [0.15, 0.2) is 27.7 Å². The second-order valence-corrected chi connectivity index (χ2v) is 4.14. The molecule has 0 bridgehead atoms. The lowest BCUT2D eigenvalue weighted by Crippen LogP contribution is -2.30. The maximum atomic E-state index is 11.6. The van der Waals surface area contributed by atoms with Crippen LogP contribution in [-0.2, 0) is 6.54 Å². The molecule has 0 atom stereocenters. The Bertz CT molecular complexity index is 763. The van der Waals surface area contributed by atoms with Crippen molar-refractivity contribution in [2.24, 2.45) is 5.84 Å². The maximum Gasteiger partial charge on any atom is 0.348 e. The summed E-state index contributed by atoms with van der Waals surface area (Å²) in [6.45, 7) is 1.47. The third-order valence-electron chi connectivity index (χ3n) is 2.72. The zero-order valence-electron chi connectivity index (χ0n) is 10.9. The monoisotopic (exact) mass is 293 g/mol. The molecular formula is C11H11N5O5. The molecule has 1 amide bonds. The van der Waals surface area contributed by atoms with Gasteiger partial charge in [0.25, 0.3) is 5.91 Å². The van der Waals surface area contributed by atoms with Gasteiger partial charge in [0.1, 0.15) is 17.7 Å². The van der Waals surface area contributed by atoms with Crippen LogP contribution in [0.3, 0.4) is 0 Å². The number of nitrogens with two attached hydrogens (primary N) is 1. The van der Waals surface area contributed by atoms with Gasteiger partial charge in [0.2, 0.25) is 0 Å². The van der Waals surface area contributed by atoms with Crippen molar-refractivity contribution in [3.8, 4) is 0 Å². The topological polar surface area (TPSA) is 146 Å². The summed E-state index contributed by atoms with van der Waals surface area (Å²) in [6.07, 6.45) is 1.93. The standard InChI is InChI=1S/C11H11N5O5/c1-6-9(10(17)14-12)2-8(21-6)5-15-4-7(16(19)20)3-13-11(15)18/h2-4H,5,12H2,1H3,(H,14,17). The number of furan rings is 1. The lowest BCUT2D eigenvalue weighted by Gasteiger charge is -2.01. The van der Waals surface area contributed by atoms with Crippen LogP contribution in [0, 0.1) is 17.0 Å². The van der Waals surface area contributed by atoms with Gasteiger partial charge in [-0.15, -0.1) is 0 Å². The predicted octanol–water partition coefficient (Wildman–Crippen LogP) is -0.295. The molecule has 0 aliphatic heterocycles. The van der Waals surface area contributed by atoms with Gasteiger partial charge < -0.3 is 4.42 Å². The summed E-state index contributed by atoms with van der Waals surface area (Å²) in [5, 5.41) is 10.7. The normalized spacial score (nSPS) is 10.4. The highest BCUT2D eigenvalue weighted by atomic mass is 16.6. The Morgan fingerprint density at radius 2 is 2.33 bits per heavy atom. The summed E-state index contributed by atoms with van der Waals surface area (Å²) in [4.78, 5) is 36.4. The van der Waals surface area contributed by atoms with Gasteiger partial charge in [-0.05, 0) is 13.0 Å². The number of rotatable bonds is 4. The third kappa shape index (κ3) is 2.95. The Morgan fingerprint density at radius 1 is 1.62 bits per heavy atom. The molecule has 0 radical (unpaired) electrons. The molecule has 2 rings (SSSR count). The first-order chi connectivity index (χ1) is 9.92. The van der Waals surface area contributed by atoms with Gasteiger partial charge in [0.05, 0.1) is 23.2 Å². The molecule has 2 aromatic heterocycles. The average molecular weight is 293 g/mol. The third-order valence-corrected chi connectivity index (χ3v) is 2.72. The van der Waals surface area contributed by atoms with E-state index in [1.807, 2.05) is 5.43 Å². The number of nitrogens with one attached hydrogen (secondary N) is 1. The van der Waals surface area contributed by atoms with Crippen LogP contribution >= 0.6 is 0 Å². The van der Waals surface area contributed by atoms with Crippen LogP contribution in [0.1, 0.15) is 21.9 Å². The number of hydrazine groups is 1. The highest BCUT2D eigenvalue weighted by Gasteiger charge is 2.16. The van der Waals surface area contributed by atoms with Crippen LogP contribution < -0.4 is 17.0 Å². The number of hydrogen-bond acceptors (Lipinski definition) is 7. The average Bonchev–Trinajstić information content (AvgIpc) is 2.81. The summed E-state index contributed by atoms with van der Waals surface area (Å²) in [7, 11) is 0. The number of nitrogens with zero attached hydrogens (tertiary/aromatic N) is 3. The zero-order valence-corrected chi connectivity index (χ0v) is 10.9. The molecule has 21 heavy (non-hydrogen) atoms. The van der Waals surface area contributed by atoms with Crippen molar-refractivity contribution in [3.63, 3.8) is 0 Å². The van der Waals surface area contributed by atoms with Crippen molar-refractivity contribution in [1.82, 2.24) is 15.0 Å². The maximum absolute atomic E-state index is 11.6. The van der Waals surface area contributed by atoms with Gasteiger partial charge in [-0.1, -0.05) is 0 Å². The minimum atomic E-state index is -0.667. The van der Waals surface area contributed by atoms with Crippen LogP contribution in [0.2, 0.25) is 0 Å². The van der Waals surface area contributed by atoms with E-state index in [0.29, 0.717) is 5.76 Å². The van der Waals surface area contributed by atoms with E-state index in [9.17, 15) is 19.7 Å². The molecule has 2 heterocycles. The summed E-state index contributed by atoms with van der Waals surface area (Å²) < 4.78 is 6.34. The molecule has 0 aromatic carbocycles. The quantitative estimate of drug-likeness (QED) is 0.340. The van der Waals surface area contributed by atoms with E-state index in [-0.39, 0.29) is 23.6 Å². The van der Waals surface area contributed by atoms with Gasteiger partial charge in [0.15, 0.2) is 0 Å². The van der Waals surface area contributed by atoms with Gasteiger partial charge in [-0.25, -0.2) is 10.6 Å². The van der Waals surface area contributed by atoms with E-state index in [1.165, 1.54) is 6.07 Å².